The van der Waals surface area contributed by atoms with Gasteiger partial charge in [-0.2, -0.15) is 0 Å². The monoisotopic (exact) mass is 167 g/mol. The van der Waals surface area contributed by atoms with Gasteiger partial charge in [0, 0.05) is 6.20 Å². The van der Waals surface area contributed by atoms with Crippen LogP contribution in [0.15, 0.2) is 18.7 Å². The molecule has 4 nitrogen and oxygen atoms in total. The van der Waals surface area contributed by atoms with Crippen molar-refractivity contribution in [3.05, 3.63) is 23.6 Å². The van der Waals surface area contributed by atoms with Crippen molar-refractivity contribution in [2.45, 2.75) is 0 Å². The van der Waals surface area contributed by atoms with E-state index in [-0.39, 0.29) is 0 Å². The first-order valence-electron chi connectivity index (χ1n) is 2.98. The number of rotatable bonds is 1. The third-order valence-electron chi connectivity index (χ3n) is 1.34. The van der Waals surface area contributed by atoms with Gasteiger partial charge in [0.1, 0.15) is 9.71 Å². The zero-order valence-electron chi connectivity index (χ0n) is 5.52. The number of carbonyl (C=O) groups excluding carboxylic acids is 1. The van der Waals surface area contributed by atoms with Crippen molar-refractivity contribution in [2.75, 3.05) is 0 Å². The third kappa shape index (κ3) is 0.894. The molecule has 0 saturated heterocycles. The Morgan fingerprint density at radius 1 is 1.73 bits per heavy atom. The Hall–Kier alpha value is -1.36. The lowest BCUT2D eigenvalue weighted by Crippen LogP contribution is -2.08. The molecule has 0 unspecified atom stereocenters. The summed E-state index contributed by atoms with van der Waals surface area (Å²) in [6.07, 6.45) is 5.00. The maximum absolute atomic E-state index is 10.7. The average Bonchev–Trinajstić information content (AvgIpc) is 2.40. The fourth-order valence-corrected chi connectivity index (χ4v) is 1.66. The Morgan fingerprint density at radius 2 is 2.55 bits per heavy atom. The molecule has 2 heterocycles. The molecule has 2 aromatic heterocycles. The average molecular weight is 167 g/mol. The number of imidazole rings is 1. The van der Waals surface area contributed by atoms with E-state index in [0.29, 0.717) is 4.88 Å². The normalized spacial score (nSPS) is 10.5. The highest BCUT2D eigenvalue weighted by atomic mass is 32.1. The molecular formula is C6H5N3OS. The minimum Gasteiger partial charge on any atom is -0.365 e. The molecule has 56 valence electrons. The largest absolute Gasteiger partial charge is 0.365 e. The summed E-state index contributed by atoms with van der Waals surface area (Å²) in [6, 6.07) is 0. The van der Waals surface area contributed by atoms with E-state index in [0.717, 1.165) is 4.83 Å². The molecular weight excluding hydrogens is 162 g/mol. The van der Waals surface area contributed by atoms with E-state index in [1.807, 2.05) is 0 Å². The van der Waals surface area contributed by atoms with Crippen LogP contribution in [0.2, 0.25) is 0 Å². The summed E-state index contributed by atoms with van der Waals surface area (Å²) in [7, 11) is 0. The van der Waals surface area contributed by atoms with Crippen LogP contribution < -0.4 is 5.73 Å². The molecule has 0 bridgehead atoms. The highest BCUT2D eigenvalue weighted by molar-refractivity contribution is 7.19. The van der Waals surface area contributed by atoms with Crippen LogP contribution in [-0.2, 0) is 0 Å². The van der Waals surface area contributed by atoms with Crippen LogP contribution in [-0.4, -0.2) is 15.3 Å². The molecule has 2 rings (SSSR count). The third-order valence-corrected chi connectivity index (χ3v) is 2.40. The molecule has 1 amide bonds. The molecule has 2 aromatic rings. The predicted molar refractivity (Wildman–Crippen MR) is 41.6 cm³/mol. The van der Waals surface area contributed by atoms with Gasteiger partial charge >= 0.3 is 0 Å². The van der Waals surface area contributed by atoms with Crippen LogP contribution in [0, 0.1) is 0 Å². The minimum absolute atomic E-state index is 0.390. The molecule has 0 saturated carbocycles. The highest BCUT2D eigenvalue weighted by Gasteiger charge is 2.05. The Bertz CT molecular complexity index is 374. The number of amides is 1. The van der Waals surface area contributed by atoms with Gasteiger partial charge in [-0.1, -0.05) is 0 Å². The van der Waals surface area contributed by atoms with Crippen molar-refractivity contribution in [1.29, 1.82) is 0 Å². The Labute approximate surface area is 66.3 Å². The molecule has 2 N–H and O–H groups in total. The molecule has 0 atom stereocenters. The number of aromatic nitrogens is 2. The summed E-state index contributed by atoms with van der Waals surface area (Å²) < 4.78 is 1.77. The van der Waals surface area contributed by atoms with Gasteiger partial charge in [0.2, 0.25) is 0 Å². The summed E-state index contributed by atoms with van der Waals surface area (Å²) >= 11 is 1.34. The Balaban J connectivity index is 2.67. The summed E-state index contributed by atoms with van der Waals surface area (Å²) in [6.45, 7) is 0. The molecule has 5 heteroatoms. The van der Waals surface area contributed by atoms with Gasteiger partial charge in [0.25, 0.3) is 5.91 Å². The SMILES string of the molecule is NC(=O)c1cn2cncc2s1. The molecule has 0 spiro atoms. The van der Waals surface area contributed by atoms with Crippen LogP contribution in [0.4, 0.5) is 0 Å². The number of hydrogen-bond donors (Lipinski definition) is 1. The van der Waals surface area contributed by atoms with E-state index >= 15 is 0 Å². The van der Waals surface area contributed by atoms with E-state index in [2.05, 4.69) is 4.98 Å². The zero-order valence-corrected chi connectivity index (χ0v) is 6.34. The Morgan fingerprint density at radius 3 is 3.18 bits per heavy atom. The zero-order chi connectivity index (χ0) is 7.84. The molecule has 0 fully saturated rings. The first kappa shape index (κ1) is 6.36. The van der Waals surface area contributed by atoms with Gasteiger partial charge in [-0.05, 0) is 0 Å². The second kappa shape index (κ2) is 2.06. The van der Waals surface area contributed by atoms with Crippen molar-refractivity contribution in [2.24, 2.45) is 5.73 Å². The fourth-order valence-electron chi connectivity index (χ4n) is 0.848. The molecule has 11 heavy (non-hydrogen) atoms. The van der Waals surface area contributed by atoms with Crippen LogP contribution in [0.1, 0.15) is 9.67 Å². The predicted octanol–water partition coefficient (Wildman–Crippen LogP) is 0.495. The molecule has 0 radical (unpaired) electrons. The van der Waals surface area contributed by atoms with Gasteiger partial charge in [-0.25, -0.2) is 4.98 Å². The summed E-state index contributed by atoms with van der Waals surface area (Å²) in [5.74, 6) is -0.390. The molecule has 0 aliphatic heterocycles. The quantitative estimate of drug-likeness (QED) is 0.672. The Kier molecular flexibility index (Phi) is 1.19. The molecule has 0 aromatic carbocycles. The van der Waals surface area contributed by atoms with Gasteiger partial charge in [0.15, 0.2) is 0 Å². The first-order valence-corrected chi connectivity index (χ1v) is 3.80. The van der Waals surface area contributed by atoms with Crippen LogP contribution in [0.3, 0.4) is 0 Å². The minimum atomic E-state index is -0.390. The second-order valence-electron chi connectivity index (χ2n) is 2.10. The highest BCUT2D eigenvalue weighted by Crippen LogP contribution is 2.15. The number of hydrogen-bond acceptors (Lipinski definition) is 3. The number of thiazole rings is 1. The van der Waals surface area contributed by atoms with Crippen molar-refractivity contribution in [1.82, 2.24) is 9.38 Å². The van der Waals surface area contributed by atoms with E-state index in [9.17, 15) is 4.79 Å². The van der Waals surface area contributed by atoms with Crippen molar-refractivity contribution in [3.8, 4) is 0 Å². The van der Waals surface area contributed by atoms with Crippen molar-refractivity contribution >= 4 is 22.1 Å². The number of primary amides is 1. The lowest BCUT2D eigenvalue weighted by Gasteiger charge is -1.80. The van der Waals surface area contributed by atoms with Crippen LogP contribution in [0.25, 0.3) is 4.83 Å². The number of nitrogens with zero attached hydrogens (tertiary/aromatic N) is 2. The van der Waals surface area contributed by atoms with Crippen LogP contribution >= 0.6 is 11.3 Å². The fraction of sp³-hybridized carbons (Fsp3) is 0. The number of carbonyl (C=O) groups is 1. The van der Waals surface area contributed by atoms with E-state index in [1.165, 1.54) is 11.3 Å². The standard InChI is InChI=1S/C6H5N3OS/c7-6(10)4-2-9-3-8-1-5(9)11-4/h1-3H,(H2,7,10). The maximum atomic E-state index is 10.7. The summed E-state index contributed by atoms with van der Waals surface area (Å²) in [5, 5.41) is 0. The van der Waals surface area contributed by atoms with Crippen molar-refractivity contribution < 1.29 is 4.79 Å². The smallest absolute Gasteiger partial charge is 0.260 e. The topological polar surface area (TPSA) is 60.4 Å². The second-order valence-corrected chi connectivity index (χ2v) is 3.16. The maximum Gasteiger partial charge on any atom is 0.260 e. The van der Waals surface area contributed by atoms with Gasteiger partial charge in [0.05, 0.1) is 12.5 Å². The van der Waals surface area contributed by atoms with E-state index < -0.39 is 5.91 Å². The lowest BCUT2D eigenvalue weighted by molar-refractivity contribution is 0.100. The molecule has 0 aliphatic rings. The van der Waals surface area contributed by atoms with Crippen LogP contribution in [0.5, 0.6) is 0 Å². The first-order chi connectivity index (χ1) is 5.27. The van der Waals surface area contributed by atoms with Gasteiger partial charge in [-0.3, -0.25) is 9.20 Å². The van der Waals surface area contributed by atoms with Gasteiger partial charge in [-0.15, -0.1) is 11.3 Å². The summed E-state index contributed by atoms with van der Waals surface area (Å²) in [5.41, 5.74) is 5.07. The lowest BCUT2D eigenvalue weighted by atomic mass is 10.5. The summed E-state index contributed by atoms with van der Waals surface area (Å²) in [4.78, 5) is 16.0. The van der Waals surface area contributed by atoms with E-state index in [1.54, 1.807) is 23.1 Å². The molecule has 0 aliphatic carbocycles. The number of nitrogens with two attached hydrogens (primary N) is 1. The van der Waals surface area contributed by atoms with Gasteiger partial charge < -0.3 is 5.73 Å². The number of fused-ring (bicyclic) bond motifs is 1. The van der Waals surface area contributed by atoms with Crippen molar-refractivity contribution in [3.63, 3.8) is 0 Å². The van der Waals surface area contributed by atoms with E-state index in [4.69, 9.17) is 5.73 Å².